The van der Waals surface area contributed by atoms with Gasteiger partial charge in [0.2, 0.25) is 5.91 Å². The fourth-order valence-corrected chi connectivity index (χ4v) is 4.06. The minimum Gasteiger partial charge on any atom is -0.378 e. The predicted octanol–water partition coefficient (Wildman–Crippen LogP) is 1.65. The largest absolute Gasteiger partial charge is 0.378 e. The van der Waals surface area contributed by atoms with Gasteiger partial charge < -0.3 is 14.4 Å². The van der Waals surface area contributed by atoms with Gasteiger partial charge in [0.05, 0.1) is 31.7 Å². The highest BCUT2D eigenvalue weighted by atomic mass is 16.5. The maximum absolute atomic E-state index is 13.0. The van der Waals surface area contributed by atoms with Gasteiger partial charge in [-0.05, 0) is 12.3 Å². The monoisotopic (exact) mass is 309 g/mol. The third-order valence-corrected chi connectivity index (χ3v) is 5.39. The summed E-state index contributed by atoms with van der Waals surface area (Å²) in [6, 6.07) is 0. The van der Waals surface area contributed by atoms with Crippen molar-refractivity contribution in [3.8, 4) is 0 Å². The van der Waals surface area contributed by atoms with Crippen molar-refractivity contribution < 1.29 is 19.1 Å². The Labute approximate surface area is 132 Å². The van der Waals surface area contributed by atoms with Gasteiger partial charge in [0, 0.05) is 13.1 Å². The zero-order valence-electron chi connectivity index (χ0n) is 13.3. The SMILES string of the molecule is O=C1COC[C@H]1[C@H](CC1CCCCC1)C(=O)N1CCOCC1. The molecule has 2 atom stereocenters. The summed E-state index contributed by atoms with van der Waals surface area (Å²) in [6.45, 7) is 3.13. The first-order valence-electron chi connectivity index (χ1n) is 8.72. The number of Topliss-reactive ketones (excluding diaryl/α,β-unsaturated/α-hetero) is 1. The van der Waals surface area contributed by atoms with Crippen LogP contribution >= 0.6 is 0 Å². The van der Waals surface area contributed by atoms with E-state index in [1.54, 1.807) is 0 Å². The lowest BCUT2D eigenvalue weighted by Gasteiger charge is -2.34. The first kappa shape index (κ1) is 15.9. The lowest BCUT2D eigenvalue weighted by Crippen LogP contribution is -2.47. The number of ether oxygens (including phenoxy) is 2. The van der Waals surface area contributed by atoms with E-state index in [-0.39, 0.29) is 30.1 Å². The summed E-state index contributed by atoms with van der Waals surface area (Å²) in [5.74, 6) is 0.450. The van der Waals surface area contributed by atoms with Crippen LogP contribution in [0.2, 0.25) is 0 Å². The Morgan fingerprint density at radius 3 is 2.50 bits per heavy atom. The van der Waals surface area contributed by atoms with E-state index in [0.29, 0.717) is 38.8 Å². The molecule has 0 bridgehead atoms. The van der Waals surface area contributed by atoms with Crippen molar-refractivity contribution >= 4 is 11.7 Å². The summed E-state index contributed by atoms with van der Waals surface area (Å²) in [5, 5.41) is 0. The normalized spacial score (nSPS) is 28.8. The number of nitrogens with zero attached hydrogens (tertiary/aromatic N) is 1. The summed E-state index contributed by atoms with van der Waals surface area (Å²) in [7, 11) is 0. The summed E-state index contributed by atoms with van der Waals surface area (Å²) >= 11 is 0. The predicted molar refractivity (Wildman–Crippen MR) is 81.4 cm³/mol. The van der Waals surface area contributed by atoms with Gasteiger partial charge in [-0.15, -0.1) is 0 Å². The van der Waals surface area contributed by atoms with Crippen LogP contribution in [0.4, 0.5) is 0 Å². The molecule has 0 N–H and O–H groups in total. The fraction of sp³-hybridized carbons (Fsp3) is 0.882. The molecule has 0 aromatic heterocycles. The number of ketones is 1. The molecule has 5 heteroatoms. The van der Waals surface area contributed by atoms with Gasteiger partial charge in [0.1, 0.15) is 6.61 Å². The van der Waals surface area contributed by atoms with Crippen molar-refractivity contribution in [1.29, 1.82) is 0 Å². The molecule has 1 amide bonds. The van der Waals surface area contributed by atoms with Crippen LogP contribution in [0.1, 0.15) is 38.5 Å². The first-order chi connectivity index (χ1) is 10.8. The third-order valence-electron chi connectivity index (χ3n) is 5.39. The highest BCUT2D eigenvalue weighted by Crippen LogP contribution is 2.34. The van der Waals surface area contributed by atoms with Crippen LogP contribution in [-0.2, 0) is 19.1 Å². The number of carbonyl (C=O) groups is 2. The van der Waals surface area contributed by atoms with Gasteiger partial charge in [-0.3, -0.25) is 9.59 Å². The maximum atomic E-state index is 13.0. The van der Waals surface area contributed by atoms with Crippen molar-refractivity contribution in [2.24, 2.45) is 17.8 Å². The van der Waals surface area contributed by atoms with Gasteiger partial charge in [-0.25, -0.2) is 0 Å². The van der Waals surface area contributed by atoms with Crippen LogP contribution in [0, 0.1) is 17.8 Å². The minimum absolute atomic E-state index is 0.113. The molecule has 5 nitrogen and oxygen atoms in total. The van der Waals surface area contributed by atoms with E-state index in [9.17, 15) is 9.59 Å². The Balaban J connectivity index is 1.69. The zero-order chi connectivity index (χ0) is 15.4. The van der Waals surface area contributed by atoms with Crippen LogP contribution in [0.15, 0.2) is 0 Å². The van der Waals surface area contributed by atoms with Crippen LogP contribution in [0.5, 0.6) is 0 Å². The van der Waals surface area contributed by atoms with Crippen LogP contribution in [-0.4, -0.2) is 56.1 Å². The highest BCUT2D eigenvalue weighted by molar-refractivity contribution is 5.90. The molecule has 1 aliphatic carbocycles. The molecule has 22 heavy (non-hydrogen) atoms. The second-order valence-corrected chi connectivity index (χ2v) is 6.87. The number of amides is 1. The molecule has 3 fully saturated rings. The van der Waals surface area contributed by atoms with E-state index >= 15 is 0 Å². The number of rotatable bonds is 4. The third kappa shape index (κ3) is 3.69. The van der Waals surface area contributed by atoms with Crippen LogP contribution in [0.3, 0.4) is 0 Å². The smallest absolute Gasteiger partial charge is 0.226 e. The Kier molecular flexibility index (Phi) is 5.47. The number of hydrogen-bond acceptors (Lipinski definition) is 4. The van der Waals surface area contributed by atoms with Gasteiger partial charge >= 0.3 is 0 Å². The minimum atomic E-state index is -0.225. The molecular weight excluding hydrogens is 282 g/mol. The molecular formula is C17H27NO4. The van der Waals surface area contributed by atoms with E-state index in [4.69, 9.17) is 9.47 Å². The molecule has 0 spiro atoms. The van der Waals surface area contributed by atoms with Crippen LogP contribution < -0.4 is 0 Å². The Hall–Kier alpha value is -0.940. The summed E-state index contributed by atoms with van der Waals surface area (Å²) < 4.78 is 10.7. The van der Waals surface area contributed by atoms with Crippen molar-refractivity contribution in [3.63, 3.8) is 0 Å². The van der Waals surface area contributed by atoms with Gasteiger partial charge in [-0.1, -0.05) is 32.1 Å². The number of morpholine rings is 1. The molecule has 0 aromatic carbocycles. The topological polar surface area (TPSA) is 55.8 Å². The standard InChI is InChI=1S/C17H27NO4/c19-16-12-22-11-15(16)14(10-13-4-2-1-3-5-13)17(20)18-6-8-21-9-7-18/h13-15H,1-12H2/t14-,15-/m0/s1. The molecule has 1 saturated carbocycles. The van der Waals surface area contributed by atoms with Gasteiger partial charge in [0.25, 0.3) is 0 Å². The van der Waals surface area contributed by atoms with Gasteiger partial charge in [0.15, 0.2) is 5.78 Å². The molecule has 124 valence electrons. The zero-order valence-corrected chi connectivity index (χ0v) is 13.3. The molecule has 2 saturated heterocycles. The maximum Gasteiger partial charge on any atom is 0.226 e. The van der Waals surface area contributed by atoms with E-state index in [0.717, 1.165) is 6.42 Å². The van der Waals surface area contributed by atoms with Crippen molar-refractivity contribution in [2.45, 2.75) is 38.5 Å². The average molecular weight is 309 g/mol. The Bertz CT molecular complexity index is 399. The number of carbonyl (C=O) groups excluding carboxylic acids is 2. The van der Waals surface area contributed by atoms with Crippen molar-refractivity contribution in [2.75, 3.05) is 39.5 Å². The number of hydrogen-bond donors (Lipinski definition) is 0. The quantitative estimate of drug-likeness (QED) is 0.792. The Morgan fingerprint density at radius 2 is 1.86 bits per heavy atom. The molecule has 0 unspecified atom stereocenters. The lowest BCUT2D eigenvalue weighted by atomic mass is 9.77. The summed E-state index contributed by atoms with van der Waals surface area (Å²) in [4.78, 5) is 27.0. The molecule has 2 heterocycles. The Morgan fingerprint density at radius 1 is 1.14 bits per heavy atom. The first-order valence-corrected chi connectivity index (χ1v) is 8.72. The van der Waals surface area contributed by atoms with E-state index < -0.39 is 0 Å². The van der Waals surface area contributed by atoms with E-state index in [1.807, 2.05) is 4.90 Å². The molecule has 3 rings (SSSR count). The molecule has 0 aromatic rings. The summed E-state index contributed by atoms with van der Waals surface area (Å²) in [5.41, 5.74) is 0. The van der Waals surface area contributed by atoms with Crippen LogP contribution in [0.25, 0.3) is 0 Å². The second-order valence-electron chi connectivity index (χ2n) is 6.87. The molecule has 3 aliphatic rings. The second kappa shape index (κ2) is 7.55. The molecule has 0 radical (unpaired) electrons. The lowest BCUT2D eigenvalue weighted by molar-refractivity contribution is -0.144. The average Bonchev–Trinajstić information content (AvgIpc) is 3.00. The molecule has 2 aliphatic heterocycles. The fourth-order valence-electron chi connectivity index (χ4n) is 4.06. The van der Waals surface area contributed by atoms with Crippen molar-refractivity contribution in [1.82, 2.24) is 4.90 Å². The highest BCUT2D eigenvalue weighted by Gasteiger charge is 2.40. The van der Waals surface area contributed by atoms with Crippen molar-refractivity contribution in [3.05, 3.63) is 0 Å². The van der Waals surface area contributed by atoms with E-state index in [2.05, 4.69) is 0 Å². The van der Waals surface area contributed by atoms with Gasteiger partial charge in [-0.2, -0.15) is 0 Å². The van der Waals surface area contributed by atoms with E-state index in [1.165, 1.54) is 32.1 Å². The summed E-state index contributed by atoms with van der Waals surface area (Å²) in [6.07, 6.45) is 7.10.